The van der Waals surface area contributed by atoms with Gasteiger partial charge in [-0.25, -0.2) is 0 Å². The SMILES string of the molecule is CC.CN(C)CC1(O)CCOCC1. The molecule has 1 fully saturated rings. The number of ether oxygens (including phenoxy) is 1. The summed E-state index contributed by atoms with van der Waals surface area (Å²) in [6.07, 6.45) is 1.54. The van der Waals surface area contributed by atoms with E-state index in [9.17, 15) is 5.11 Å². The van der Waals surface area contributed by atoms with Gasteiger partial charge in [-0.2, -0.15) is 0 Å². The second kappa shape index (κ2) is 6.35. The molecule has 1 aliphatic rings. The Hall–Kier alpha value is -0.120. The minimum absolute atomic E-state index is 0.498. The summed E-state index contributed by atoms with van der Waals surface area (Å²) >= 11 is 0. The molecule has 0 spiro atoms. The zero-order valence-corrected chi connectivity index (χ0v) is 9.34. The van der Waals surface area contributed by atoms with E-state index in [-0.39, 0.29) is 0 Å². The van der Waals surface area contributed by atoms with Gasteiger partial charge in [-0.15, -0.1) is 0 Å². The number of rotatable bonds is 2. The molecule has 0 aromatic rings. The molecule has 80 valence electrons. The highest BCUT2D eigenvalue weighted by atomic mass is 16.5. The third-order valence-corrected chi connectivity index (χ3v) is 2.03. The van der Waals surface area contributed by atoms with Gasteiger partial charge >= 0.3 is 0 Å². The van der Waals surface area contributed by atoms with Crippen molar-refractivity contribution in [1.82, 2.24) is 4.90 Å². The number of hydrogen-bond acceptors (Lipinski definition) is 3. The summed E-state index contributed by atoms with van der Waals surface area (Å²) in [7, 11) is 3.96. The van der Waals surface area contributed by atoms with E-state index < -0.39 is 5.60 Å². The lowest BCUT2D eigenvalue weighted by Crippen LogP contribution is -2.44. The molecule has 0 atom stereocenters. The molecule has 0 aliphatic carbocycles. The summed E-state index contributed by atoms with van der Waals surface area (Å²) in [5, 5.41) is 9.92. The molecule has 0 radical (unpaired) electrons. The molecule has 0 amide bonds. The molecular weight excluding hydrogens is 166 g/mol. The third-order valence-electron chi connectivity index (χ3n) is 2.03. The topological polar surface area (TPSA) is 32.7 Å². The summed E-state index contributed by atoms with van der Waals surface area (Å²) in [4.78, 5) is 2.02. The van der Waals surface area contributed by atoms with Crippen molar-refractivity contribution in [2.75, 3.05) is 33.9 Å². The van der Waals surface area contributed by atoms with Crippen LogP contribution in [-0.2, 0) is 4.74 Å². The van der Waals surface area contributed by atoms with Gasteiger partial charge in [0, 0.05) is 32.6 Å². The first-order chi connectivity index (χ1) is 6.12. The van der Waals surface area contributed by atoms with Crippen molar-refractivity contribution in [3.63, 3.8) is 0 Å². The lowest BCUT2D eigenvalue weighted by atomic mass is 9.94. The molecule has 0 bridgehead atoms. The Labute approximate surface area is 81.7 Å². The first-order valence-corrected chi connectivity index (χ1v) is 5.07. The smallest absolute Gasteiger partial charge is 0.0817 e. The van der Waals surface area contributed by atoms with Gasteiger partial charge in [0.15, 0.2) is 0 Å². The van der Waals surface area contributed by atoms with Gasteiger partial charge in [0.05, 0.1) is 5.60 Å². The van der Waals surface area contributed by atoms with Gasteiger partial charge in [0.1, 0.15) is 0 Å². The summed E-state index contributed by atoms with van der Waals surface area (Å²) in [6, 6.07) is 0. The number of aliphatic hydroxyl groups is 1. The van der Waals surface area contributed by atoms with Crippen molar-refractivity contribution in [2.45, 2.75) is 32.3 Å². The molecular formula is C10H23NO2. The van der Waals surface area contributed by atoms with Crippen LogP contribution in [0.5, 0.6) is 0 Å². The second-order valence-corrected chi connectivity index (χ2v) is 3.57. The maximum absolute atomic E-state index is 9.92. The summed E-state index contributed by atoms with van der Waals surface area (Å²) in [5.41, 5.74) is -0.498. The Bertz CT molecular complexity index is 120. The maximum atomic E-state index is 9.92. The van der Waals surface area contributed by atoms with E-state index in [4.69, 9.17) is 4.74 Å². The van der Waals surface area contributed by atoms with Crippen LogP contribution in [0.25, 0.3) is 0 Å². The fraction of sp³-hybridized carbons (Fsp3) is 1.00. The Kier molecular flexibility index (Phi) is 6.29. The quantitative estimate of drug-likeness (QED) is 0.706. The van der Waals surface area contributed by atoms with Crippen LogP contribution in [-0.4, -0.2) is 49.5 Å². The lowest BCUT2D eigenvalue weighted by Gasteiger charge is -2.34. The molecule has 0 unspecified atom stereocenters. The van der Waals surface area contributed by atoms with Gasteiger partial charge in [-0.05, 0) is 14.1 Å². The van der Waals surface area contributed by atoms with Crippen LogP contribution in [0.2, 0.25) is 0 Å². The Morgan fingerprint density at radius 3 is 2.08 bits per heavy atom. The monoisotopic (exact) mass is 189 g/mol. The minimum atomic E-state index is -0.498. The van der Waals surface area contributed by atoms with Crippen LogP contribution in [0.1, 0.15) is 26.7 Å². The van der Waals surface area contributed by atoms with E-state index >= 15 is 0 Å². The van der Waals surface area contributed by atoms with Crippen molar-refractivity contribution in [1.29, 1.82) is 0 Å². The van der Waals surface area contributed by atoms with Crippen LogP contribution < -0.4 is 0 Å². The second-order valence-electron chi connectivity index (χ2n) is 3.57. The van der Waals surface area contributed by atoms with Gasteiger partial charge in [0.2, 0.25) is 0 Å². The van der Waals surface area contributed by atoms with Crippen molar-refractivity contribution < 1.29 is 9.84 Å². The fourth-order valence-corrected chi connectivity index (χ4v) is 1.50. The van der Waals surface area contributed by atoms with Crippen LogP contribution in [0.3, 0.4) is 0 Å². The third kappa shape index (κ3) is 5.24. The zero-order chi connectivity index (χ0) is 10.3. The molecule has 0 saturated carbocycles. The standard InChI is InChI=1S/C8H17NO2.C2H6/c1-9(2)7-8(10)3-5-11-6-4-8;1-2/h10H,3-7H2,1-2H3;1-2H3. The first kappa shape index (κ1) is 12.9. The molecule has 1 heterocycles. The van der Waals surface area contributed by atoms with E-state index in [0.717, 1.165) is 19.4 Å². The number of hydrogen-bond donors (Lipinski definition) is 1. The molecule has 13 heavy (non-hydrogen) atoms. The van der Waals surface area contributed by atoms with E-state index in [1.54, 1.807) is 0 Å². The first-order valence-electron chi connectivity index (χ1n) is 5.07. The molecule has 0 aromatic heterocycles. The Morgan fingerprint density at radius 2 is 1.69 bits per heavy atom. The average molecular weight is 189 g/mol. The number of likely N-dealkylation sites (N-methyl/N-ethyl adjacent to an activating group) is 1. The molecule has 1 saturated heterocycles. The van der Waals surface area contributed by atoms with Crippen molar-refractivity contribution in [2.24, 2.45) is 0 Å². The largest absolute Gasteiger partial charge is 0.388 e. The molecule has 1 aliphatic heterocycles. The minimum Gasteiger partial charge on any atom is -0.388 e. The van der Waals surface area contributed by atoms with Gasteiger partial charge in [0.25, 0.3) is 0 Å². The molecule has 1 rings (SSSR count). The molecule has 0 aromatic carbocycles. The summed E-state index contributed by atoms with van der Waals surface area (Å²) in [6.45, 7) is 6.14. The molecule has 3 heteroatoms. The fourth-order valence-electron chi connectivity index (χ4n) is 1.50. The van der Waals surface area contributed by atoms with Gasteiger partial charge in [-0.3, -0.25) is 0 Å². The zero-order valence-electron chi connectivity index (χ0n) is 9.34. The van der Waals surface area contributed by atoms with Crippen molar-refractivity contribution >= 4 is 0 Å². The molecule has 3 nitrogen and oxygen atoms in total. The Morgan fingerprint density at radius 1 is 1.23 bits per heavy atom. The molecule has 1 N–H and O–H groups in total. The predicted octanol–water partition coefficient (Wildman–Crippen LogP) is 1.12. The van der Waals surface area contributed by atoms with Crippen LogP contribution in [0.4, 0.5) is 0 Å². The van der Waals surface area contributed by atoms with Gasteiger partial charge in [-0.1, -0.05) is 13.8 Å². The summed E-state index contributed by atoms with van der Waals surface area (Å²) in [5.74, 6) is 0. The normalized spacial score (nSPS) is 20.8. The van der Waals surface area contributed by atoms with Crippen LogP contribution in [0.15, 0.2) is 0 Å². The number of nitrogens with zero attached hydrogens (tertiary/aromatic N) is 1. The highest BCUT2D eigenvalue weighted by Gasteiger charge is 2.29. The predicted molar refractivity (Wildman–Crippen MR) is 54.9 cm³/mol. The van der Waals surface area contributed by atoms with E-state index in [1.807, 2.05) is 32.8 Å². The average Bonchev–Trinajstić information content (AvgIpc) is 2.07. The highest BCUT2D eigenvalue weighted by molar-refractivity contribution is 4.82. The Balaban J connectivity index is 0.000000671. The van der Waals surface area contributed by atoms with Gasteiger partial charge < -0.3 is 14.7 Å². The summed E-state index contributed by atoms with van der Waals surface area (Å²) < 4.78 is 5.17. The maximum Gasteiger partial charge on any atom is 0.0817 e. The van der Waals surface area contributed by atoms with E-state index in [0.29, 0.717) is 13.2 Å². The highest BCUT2D eigenvalue weighted by Crippen LogP contribution is 2.20. The van der Waals surface area contributed by atoms with Crippen molar-refractivity contribution in [3.05, 3.63) is 0 Å². The lowest BCUT2D eigenvalue weighted by molar-refractivity contribution is -0.0741. The van der Waals surface area contributed by atoms with E-state index in [1.165, 1.54) is 0 Å². The van der Waals surface area contributed by atoms with Crippen LogP contribution >= 0.6 is 0 Å². The van der Waals surface area contributed by atoms with E-state index in [2.05, 4.69) is 0 Å². The van der Waals surface area contributed by atoms with Crippen molar-refractivity contribution in [3.8, 4) is 0 Å². The van der Waals surface area contributed by atoms with Crippen LogP contribution in [0, 0.1) is 0 Å².